The Hall–Kier alpha value is -3.04. The highest BCUT2D eigenvalue weighted by Crippen LogP contribution is 2.21. The molecule has 7 nitrogen and oxygen atoms in total. The van der Waals surface area contributed by atoms with Gasteiger partial charge in [-0.25, -0.2) is 9.87 Å². The predicted octanol–water partition coefficient (Wildman–Crippen LogP) is 3.31. The van der Waals surface area contributed by atoms with Gasteiger partial charge in [-0.05, 0) is 60.3 Å². The highest BCUT2D eigenvalue weighted by atomic mass is 32.2. The van der Waals surface area contributed by atoms with Crippen LogP contribution in [0.1, 0.15) is 10.5 Å². The molecule has 0 fully saturated rings. The minimum atomic E-state index is -0.578. The first-order chi connectivity index (χ1) is 13.0. The molecule has 1 aromatic heterocycles. The molecular formula is C18H16FN3O4S. The molecule has 9 heteroatoms. The summed E-state index contributed by atoms with van der Waals surface area (Å²) in [7, 11) is 0. The molecule has 0 aliphatic carbocycles. The van der Waals surface area contributed by atoms with E-state index in [1.165, 1.54) is 17.6 Å². The molecule has 1 heterocycles. The van der Waals surface area contributed by atoms with E-state index in [9.17, 15) is 14.0 Å². The Morgan fingerprint density at radius 1 is 1.15 bits per heavy atom. The third kappa shape index (κ3) is 4.99. The summed E-state index contributed by atoms with van der Waals surface area (Å²) in [6.07, 6.45) is 0. The van der Waals surface area contributed by atoms with Crippen LogP contribution in [0.15, 0.2) is 53.4 Å². The Kier molecular flexibility index (Phi) is 5.94. The van der Waals surface area contributed by atoms with Crippen molar-refractivity contribution in [3.05, 3.63) is 60.0 Å². The van der Waals surface area contributed by atoms with E-state index in [1.54, 1.807) is 36.4 Å². The lowest BCUT2D eigenvalue weighted by Crippen LogP contribution is -2.28. The average molecular weight is 389 g/mol. The number of fused-ring (bicyclic) bond motifs is 1. The van der Waals surface area contributed by atoms with Crippen molar-refractivity contribution in [1.29, 1.82) is 0 Å². The first kappa shape index (κ1) is 18.7. The van der Waals surface area contributed by atoms with Crippen LogP contribution in [0.25, 0.3) is 10.9 Å². The highest BCUT2D eigenvalue weighted by Gasteiger charge is 2.09. The number of benzene rings is 2. The third-order valence-corrected chi connectivity index (χ3v) is 4.39. The Morgan fingerprint density at radius 3 is 2.67 bits per heavy atom. The molecular weight excluding hydrogens is 373 g/mol. The first-order valence-electron chi connectivity index (χ1n) is 7.96. The number of rotatable bonds is 6. The fourth-order valence-electron chi connectivity index (χ4n) is 2.39. The highest BCUT2D eigenvalue weighted by molar-refractivity contribution is 8.13. The van der Waals surface area contributed by atoms with Crippen LogP contribution >= 0.6 is 11.8 Å². The minimum absolute atomic E-state index is 0.254. The molecule has 0 atom stereocenters. The number of hydroxylamine groups is 1. The third-order valence-electron chi connectivity index (χ3n) is 3.61. The molecule has 3 aromatic rings. The number of aromatic nitrogens is 1. The van der Waals surface area contributed by atoms with Crippen molar-refractivity contribution in [2.24, 2.45) is 0 Å². The van der Waals surface area contributed by atoms with Crippen LogP contribution in [0.5, 0.6) is 5.75 Å². The van der Waals surface area contributed by atoms with Crippen molar-refractivity contribution in [2.75, 3.05) is 13.2 Å². The molecule has 0 saturated heterocycles. The van der Waals surface area contributed by atoms with E-state index in [2.05, 4.69) is 10.3 Å². The number of ether oxygens (including phenoxy) is 1. The molecule has 0 spiro atoms. The van der Waals surface area contributed by atoms with E-state index < -0.39 is 5.24 Å². The summed E-state index contributed by atoms with van der Waals surface area (Å²) in [6.45, 7) is 0.538. The molecule has 4 N–H and O–H groups in total. The molecule has 0 unspecified atom stereocenters. The Labute approximate surface area is 157 Å². The Morgan fingerprint density at radius 2 is 1.93 bits per heavy atom. The zero-order valence-corrected chi connectivity index (χ0v) is 14.8. The van der Waals surface area contributed by atoms with Crippen LogP contribution in [-0.2, 0) is 0 Å². The van der Waals surface area contributed by atoms with Gasteiger partial charge in [-0.3, -0.25) is 14.8 Å². The lowest BCUT2D eigenvalue weighted by atomic mass is 10.2. The van der Waals surface area contributed by atoms with Crippen molar-refractivity contribution in [3.63, 3.8) is 0 Å². The quantitative estimate of drug-likeness (QED) is 0.224. The van der Waals surface area contributed by atoms with Gasteiger partial charge in [0.1, 0.15) is 23.9 Å². The number of hydrogen-bond acceptors (Lipinski definition) is 5. The molecule has 3 rings (SSSR count). The van der Waals surface area contributed by atoms with E-state index in [-0.39, 0.29) is 24.9 Å². The van der Waals surface area contributed by atoms with E-state index >= 15 is 0 Å². The fourth-order valence-corrected chi connectivity index (χ4v) is 2.92. The molecule has 140 valence electrons. The summed E-state index contributed by atoms with van der Waals surface area (Å²) in [4.78, 5) is 26.8. The van der Waals surface area contributed by atoms with Crippen molar-refractivity contribution in [2.45, 2.75) is 4.90 Å². The Bertz CT molecular complexity index is 959. The molecule has 0 bridgehead atoms. The summed E-state index contributed by atoms with van der Waals surface area (Å²) >= 11 is 0.845. The van der Waals surface area contributed by atoms with Crippen LogP contribution < -0.4 is 15.5 Å². The Balaban J connectivity index is 1.46. The summed E-state index contributed by atoms with van der Waals surface area (Å²) < 4.78 is 18.7. The van der Waals surface area contributed by atoms with E-state index in [0.717, 1.165) is 11.8 Å². The van der Waals surface area contributed by atoms with Crippen molar-refractivity contribution in [3.8, 4) is 5.75 Å². The molecule has 2 amide bonds. The lowest BCUT2D eigenvalue weighted by molar-refractivity contribution is 0.0943. The lowest BCUT2D eigenvalue weighted by Gasteiger charge is -2.08. The maximum atomic E-state index is 13.2. The fraction of sp³-hybridized carbons (Fsp3) is 0.111. The second kappa shape index (κ2) is 8.56. The van der Waals surface area contributed by atoms with E-state index in [0.29, 0.717) is 27.2 Å². The SMILES string of the molecule is O=C(NO)Sc1ccc(OCCNC(=O)c2cc3cc(F)ccc3[nH]2)cc1. The van der Waals surface area contributed by atoms with Gasteiger partial charge in [0.25, 0.3) is 5.91 Å². The van der Waals surface area contributed by atoms with Crippen LogP contribution in [0.4, 0.5) is 9.18 Å². The number of H-pyrrole nitrogens is 1. The van der Waals surface area contributed by atoms with Gasteiger partial charge in [-0.2, -0.15) is 0 Å². The largest absolute Gasteiger partial charge is 0.492 e. The van der Waals surface area contributed by atoms with Gasteiger partial charge in [0.2, 0.25) is 0 Å². The number of halogens is 1. The van der Waals surface area contributed by atoms with Gasteiger partial charge in [-0.1, -0.05) is 0 Å². The number of thioether (sulfide) groups is 1. The van der Waals surface area contributed by atoms with Gasteiger partial charge >= 0.3 is 5.24 Å². The zero-order chi connectivity index (χ0) is 19.2. The van der Waals surface area contributed by atoms with Crippen molar-refractivity contribution < 1.29 is 23.9 Å². The molecule has 0 aliphatic rings. The second-order valence-electron chi connectivity index (χ2n) is 5.49. The topological polar surface area (TPSA) is 103 Å². The second-order valence-corrected chi connectivity index (χ2v) is 6.54. The number of nitrogens with one attached hydrogen (secondary N) is 3. The normalized spacial score (nSPS) is 10.6. The summed E-state index contributed by atoms with van der Waals surface area (Å²) in [6, 6.07) is 12.6. The number of aromatic amines is 1. The van der Waals surface area contributed by atoms with E-state index in [4.69, 9.17) is 9.94 Å². The van der Waals surface area contributed by atoms with Gasteiger partial charge < -0.3 is 15.0 Å². The van der Waals surface area contributed by atoms with Gasteiger partial charge in [-0.15, -0.1) is 0 Å². The van der Waals surface area contributed by atoms with Crippen LogP contribution in [-0.4, -0.2) is 34.5 Å². The molecule has 0 aliphatic heterocycles. The zero-order valence-electron chi connectivity index (χ0n) is 14.0. The van der Waals surface area contributed by atoms with Crippen LogP contribution in [0.3, 0.4) is 0 Å². The van der Waals surface area contributed by atoms with Crippen molar-refractivity contribution >= 4 is 33.8 Å². The van der Waals surface area contributed by atoms with Crippen LogP contribution in [0, 0.1) is 5.82 Å². The predicted molar refractivity (Wildman–Crippen MR) is 98.7 cm³/mol. The first-order valence-corrected chi connectivity index (χ1v) is 8.78. The van der Waals surface area contributed by atoms with Gasteiger partial charge in [0.05, 0.1) is 6.54 Å². The molecule has 27 heavy (non-hydrogen) atoms. The van der Waals surface area contributed by atoms with Gasteiger partial charge in [0, 0.05) is 15.8 Å². The van der Waals surface area contributed by atoms with Gasteiger partial charge in [0.15, 0.2) is 0 Å². The summed E-state index contributed by atoms with van der Waals surface area (Å²) in [5.41, 5.74) is 2.57. The maximum Gasteiger partial charge on any atom is 0.307 e. The molecule has 0 saturated carbocycles. The van der Waals surface area contributed by atoms with E-state index in [1.807, 2.05) is 0 Å². The molecule has 2 aromatic carbocycles. The number of carbonyl (C=O) groups excluding carboxylic acids is 2. The number of amides is 2. The van der Waals surface area contributed by atoms with Crippen molar-refractivity contribution in [1.82, 2.24) is 15.8 Å². The maximum absolute atomic E-state index is 13.2. The summed E-state index contributed by atoms with van der Waals surface area (Å²) in [5.74, 6) is -0.0840. The number of carbonyl (C=O) groups is 2. The van der Waals surface area contributed by atoms with Crippen LogP contribution in [0.2, 0.25) is 0 Å². The standard InChI is InChI=1S/C18H16FN3O4S/c19-12-1-6-15-11(9-12)10-16(21-15)17(23)20-7-8-26-13-2-4-14(5-3-13)27-18(24)22-25/h1-6,9-10,21,25H,7-8H2,(H,20,23)(H,22,24). The minimum Gasteiger partial charge on any atom is -0.492 e. The smallest absolute Gasteiger partial charge is 0.307 e. The summed E-state index contributed by atoms with van der Waals surface area (Å²) in [5, 5.41) is 11.2. The average Bonchev–Trinajstić information content (AvgIpc) is 3.09. The monoisotopic (exact) mass is 389 g/mol. The number of hydrogen-bond donors (Lipinski definition) is 4. The molecule has 0 radical (unpaired) electrons.